The van der Waals surface area contributed by atoms with Crippen LogP contribution in [0, 0.1) is 5.92 Å². The zero-order chi connectivity index (χ0) is 12.1. The van der Waals surface area contributed by atoms with Gasteiger partial charge in [-0.15, -0.1) is 0 Å². The van der Waals surface area contributed by atoms with Gasteiger partial charge in [-0.3, -0.25) is 9.59 Å². The van der Waals surface area contributed by atoms with Gasteiger partial charge in [-0.05, 0) is 12.1 Å². The largest absolute Gasteiger partial charge is 0.345 e. The van der Waals surface area contributed by atoms with Crippen molar-refractivity contribution >= 4 is 23.3 Å². The summed E-state index contributed by atoms with van der Waals surface area (Å²) in [6.45, 7) is 3.63. The van der Waals surface area contributed by atoms with E-state index in [9.17, 15) is 9.59 Å². The van der Waals surface area contributed by atoms with Crippen LogP contribution in [0.5, 0.6) is 0 Å². The van der Waals surface area contributed by atoms with Gasteiger partial charge in [0, 0.05) is 5.92 Å². The van der Waals surface area contributed by atoms with Gasteiger partial charge in [0.25, 0.3) is 5.91 Å². The Labute approximate surface area is 99.8 Å². The number of halogens is 1. The lowest BCUT2D eigenvalue weighted by Gasteiger charge is -2.07. The lowest BCUT2D eigenvalue weighted by atomic mass is 10.1. The first kappa shape index (κ1) is 12.7. The first-order valence-electron chi connectivity index (χ1n) is 5.08. The lowest BCUT2D eigenvalue weighted by Crippen LogP contribution is -2.31. The van der Waals surface area contributed by atoms with Crippen LogP contribution in [-0.2, 0) is 4.79 Å². The molecule has 86 valence electrons. The third kappa shape index (κ3) is 3.35. The van der Waals surface area contributed by atoms with Gasteiger partial charge in [-0.25, -0.2) is 0 Å². The van der Waals surface area contributed by atoms with Crippen molar-refractivity contribution in [3.05, 3.63) is 34.9 Å². The van der Waals surface area contributed by atoms with Crippen molar-refractivity contribution in [3.63, 3.8) is 0 Å². The Morgan fingerprint density at radius 3 is 2.50 bits per heavy atom. The van der Waals surface area contributed by atoms with Gasteiger partial charge in [0.2, 0.25) is 0 Å². The number of carbonyl (C=O) groups excluding carboxylic acids is 2. The topological polar surface area (TPSA) is 46.2 Å². The zero-order valence-corrected chi connectivity index (χ0v) is 10.0. The van der Waals surface area contributed by atoms with Crippen LogP contribution in [0.2, 0.25) is 5.02 Å². The van der Waals surface area contributed by atoms with Crippen molar-refractivity contribution in [3.8, 4) is 0 Å². The van der Waals surface area contributed by atoms with E-state index < -0.39 is 0 Å². The number of carbonyl (C=O) groups is 2. The van der Waals surface area contributed by atoms with E-state index in [0.29, 0.717) is 10.6 Å². The van der Waals surface area contributed by atoms with Crippen molar-refractivity contribution in [1.82, 2.24) is 5.32 Å². The SMILES string of the molecule is CC(C)C(=O)CNC(=O)c1ccccc1Cl. The van der Waals surface area contributed by atoms with E-state index in [1.54, 1.807) is 38.1 Å². The van der Waals surface area contributed by atoms with Crippen molar-refractivity contribution in [2.45, 2.75) is 13.8 Å². The summed E-state index contributed by atoms with van der Waals surface area (Å²) in [6.07, 6.45) is 0. The van der Waals surface area contributed by atoms with E-state index in [1.165, 1.54) is 0 Å². The van der Waals surface area contributed by atoms with Crippen LogP contribution in [0.15, 0.2) is 24.3 Å². The molecule has 0 aliphatic carbocycles. The fraction of sp³-hybridized carbons (Fsp3) is 0.333. The average molecular weight is 240 g/mol. The first-order valence-corrected chi connectivity index (χ1v) is 5.45. The number of nitrogens with one attached hydrogen (secondary N) is 1. The van der Waals surface area contributed by atoms with Crippen LogP contribution in [0.4, 0.5) is 0 Å². The van der Waals surface area contributed by atoms with E-state index in [2.05, 4.69) is 5.32 Å². The van der Waals surface area contributed by atoms with Crippen LogP contribution < -0.4 is 5.32 Å². The fourth-order valence-electron chi connectivity index (χ4n) is 1.11. The number of Topliss-reactive ketones (excluding diaryl/α,β-unsaturated/α-hetero) is 1. The average Bonchev–Trinajstić information content (AvgIpc) is 2.25. The second kappa shape index (κ2) is 5.66. The highest BCUT2D eigenvalue weighted by molar-refractivity contribution is 6.33. The number of ketones is 1. The molecule has 0 radical (unpaired) electrons. The van der Waals surface area contributed by atoms with Crippen molar-refractivity contribution < 1.29 is 9.59 Å². The molecule has 0 bridgehead atoms. The molecule has 0 fully saturated rings. The summed E-state index contributed by atoms with van der Waals surface area (Å²) in [5, 5.41) is 2.93. The van der Waals surface area contributed by atoms with Crippen molar-refractivity contribution in [2.24, 2.45) is 5.92 Å². The quantitative estimate of drug-likeness (QED) is 0.876. The fourth-order valence-corrected chi connectivity index (χ4v) is 1.33. The second-order valence-corrected chi connectivity index (χ2v) is 4.19. The number of benzene rings is 1. The number of hydrogen-bond donors (Lipinski definition) is 1. The van der Waals surface area contributed by atoms with Gasteiger partial charge < -0.3 is 5.32 Å². The lowest BCUT2D eigenvalue weighted by molar-refractivity contribution is -0.120. The Hall–Kier alpha value is -1.35. The molecule has 0 saturated carbocycles. The molecule has 1 rings (SSSR count). The molecular weight excluding hydrogens is 226 g/mol. The van der Waals surface area contributed by atoms with Crippen LogP contribution in [0.3, 0.4) is 0 Å². The van der Waals surface area contributed by atoms with Gasteiger partial charge in [0.1, 0.15) is 0 Å². The first-order chi connectivity index (χ1) is 7.52. The molecule has 0 aliphatic rings. The van der Waals surface area contributed by atoms with E-state index >= 15 is 0 Å². The molecule has 3 nitrogen and oxygen atoms in total. The third-order valence-corrected chi connectivity index (χ3v) is 2.52. The Kier molecular flexibility index (Phi) is 4.50. The monoisotopic (exact) mass is 239 g/mol. The predicted octanol–water partition coefficient (Wildman–Crippen LogP) is 2.29. The highest BCUT2D eigenvalue weighted by atomic mass is 35.5. The summed E-state index contributed by atoms with van der Waals surface area (Å²) in [6, 6.07) is 6.74. The molecular formula is C12H14ClNO2. The van der Waals surface area contributed by atoms with E-state index in [0.717, 1.165) is 0 Å². The molecule has 0 unspecified atom stereocenters. The molecule has 0 saturated heterocycles. The maximum atomic E-state index is 11.6. The van der Waals surface area contributed by atoms with Crippen molar-refractivity contribution in [2.75, 3.05) is 6.54 Å². The van der Waals surface area contributed by atoms with Crippen LogP contribution >= 0.6 is 11.6 Å². The summed E-state index contributed by atoms with van der Waals surface area (Å²) in [5.74, 6) is -0.397. The number of hydrogen-bond acceptors (Lipinski definition) is 2. The minimum atomic E-state index is -0.320. The maximum absolute atomic E-state index is 11.6. The molecule has 16 heavy (non-hydrogen) atoms. The normalized spacial score (nSPS) is 10.2. The molecule has 1 N–H and O–H groups in total. The van der Waals surface area contributed by atoms with Gasteiger partial charge in [0.15, 0.2) is 5.78 Å². The predicted molar refractivity (Wildman–Crippen MR) is 63.6 cm³/mol. The molecule has 0 aromatic heterocycles. The van der Waals surface area contributed by atoms with Crippen LogP contribution in [-0.4, -0.2) is 18.2 Å². The third-order valence-electron chi connectivity index (χ3n) is 2.19. The minimum absolute atomic E-state index is 0.000374. The highest BCUT2D eigenvalue weighted by Gasteiger charge is 2.12. The summed E-state index contributed by atoms with van der Waals surface area (Å²) >= 11 is 5.85. The molecule has 0 aliphatic heterocycles. The molecule has 1 amide bonds. The Morgan fingerprint density at radius 2 is 1.94 bits per heavy atom. The van der Waals surface area contributed by atoms with Gasteiger partial charge in [0.05, 0.1) is 17.1 Å². The Morgan fingerprint density at radius 1 is 1.31 bits per heavy atom. The highest BCUT2D eigenvalue weighted by Crippen LogP contribution is 2.14. The maximum Gasteiger partial charge on any atom is 0.253 e. The van der Waals surface area contributed by atoms with Crippen LogP contribution in [0.1, 0.15) is 24.2 Å². The van der Waals surface area contributed by atoms with Gasteiger partial charge in [-0.1, -0.05) is 37.6 Å². The van der Waals surface area contributed by atoms with E-state index in [1.807, 2.05) is 0 Å². The molecule has 4 heteroatoms. The zero-order valence-electron chi connectivity index (χ0n) is 9.29. The number of rotatable bonds is 4. The van der Waals surface area contributed by atoms with E-state index in [-0.39, 0.29) is 24.2 Å². The summed E-state index contributed by atoms with van der Waals surface area (Å²) in [4.78, 5) is 23.0. The van der Waals surface area contributed by atoms with Crippen molar-refractivity contribution in [1.29, 1.82) is 0 Å². The molecule has 1 aromatic carbocycles. The Bertz CT molecular complexity index is 402. The smallest absolute Gasteiger partial charge is 0.253 e. The second-order valence-electron chi connectivity index (χ2n) is 3.78. The molecule has 0 heterocycles. The molecule has 0 atom stereocenters. The standard InChI is InChI=1S/C12H14ClNO2/c1-8(2)11(15)7-14-12(16)9-5-3-4-6-10(9)13/h3-6,8H,7H2,1-2H3,(H,14,16). The van der Waals surface area contributed by atoms with Gasteiger partial charge in [-0.2, -0.15) is 0 Å². The summed E-state index contributed by atoms with van der Waals surface area (Å²) in [5.41, 5.74) is 0.390. The summed E-state index contributed by atoms with van der Waals surface area (Å²) in [7, 11) is 0. The number of amides is 1. The molecule has 1 aromatic rings. The van der Waals surface area contributed by atoms with E-state index in [4.69, 9.17) is 11.6 Å². The van der Waals surface area contributed by atoms with Gasteiger partial charge >= 0.3 is 0 Å². The Balaban J connectivity index is 2.60. The minimum Gasteiger partial charge on any atom is -0.345 e. The van der Waals surface area contributed by atoms with Crippen LogP contribution in [0.25, 0.3) is 0 Å². The molecule has 0 spiro atoms. The summed E-state index contributed by atoms with van der Waals surface area (Å²) < 4.78 is 0.